The third kappa shape index (κ3) is 3.73. The minimum atomic E-state index is 0. The molecule has 0 atom stereocenters. The van der Waals surface area contributed by atoms with E-state index < -0.39 is 0 Å². The van der Waals surface area contributed by atoms with Crippen LogP contribution in [0, 0.1) is 5.92 Å². The molecule has 0 radical (unpaired) electrons. The van der Waals surface area contributed by atoms with E-state index in [0.29, 0.717) is 18.9 Å². The van der Waals surface area contributed by atoms with E-state index in [9.17, 15) is 9.59 Å². The van der Waals surface area contributed by atoms with Gasteiger partial charge in [-0.25, -0.2) is 4.98 Å². The van der Waals surface area contributed by atoms with Crippen molar-refractivity contribution in [2.24, 2.45) is 5.92 Å². The van der Waals surface area contributed by atoms with Crippen LogP contribution < -0.4 is 16.2 Å². The number of fused-ring (bicyclic) bond motifs is 3. The summed E-state index contributed by atoms with van der Waals surface area (Å²) in [6.07, 6.45) is 6.30. The van der Waals surface area contributed by atoms with Crippen LogP contribution in [-0.4, -0.2) is 35.1 Å². The van der Waals surface area contributed by atoms with Crippen molar-refractivity contribution in [3.8, 4) is 0 Å². The predicted octanol–water partition coefficient (Wildman–Crippen LogP) is 1.48. The van der Waals surface area contributed by atoms with Gasteiger partial charge in [-0.15, -0.1) is 23.7 Å². The lowest BCUT2D eigenvalue weighted by atomic mass is 9.97. The van der Waals surface area contributed by atoms with Gasteiger partial charge in [0.2, 0.25) is 5.91 Å². The van der Waals surface area contributed by atoms with Crippen LogP contribution in [0.15, 0.2) is 11.1 Å². The Morgan fingerprint density at radius 3 is 2.92 bits per heavy atom. The van der Waals surface area contributed by atoms with Gasteiger partial charge in [-0.05, 0) is 31.2 Å². The first kappa shape index (κ1) is 18.4. The molecule has 0 saturated carbocycles. The average molecular weight is 383 g/mol. The Morgan fingerprint density at radius 2 is 2.16 bits per heavy atom. The maximum absolute atomic E-state index is 12.8. The molecule has 0 bridgehead atoms. The van der Waals surface area contributed by atoms with Crippen LogP contribution >= 0.6 is 23.7 Å². The van der Waals surface area contributed by atoms with Crippen LogP contribution in [0.2, 0.25) is 0 Å². The number of carbonyl (C=O) groups excluding carboxylic acids is 1. The van der Waals surface area contributed by atoms with Gasteiger partial charge in [-0.3, -0.25) is 14.2 Å². The first-order valence-corrected chi connectivity index (χ1v) is 9.51. The fourth-order valence-corrected chi connectivity index (χ4v) is 4.62. The monoisotopic (exact) mass is 382 g/mol. The minimum absolute atomic E-state index is 0. The van der Waals surface area contributed by atoms with Crippen LogP contribution in [0.3, 0.4) is 0 Å². The van der Waals surface area contributed by atoms with Crippen LogP contribution in [0.1, 0.15) is 29.7 Å². The maximum Gasteiger partial charge on any atom is 0.262 e. The summed E-state index contributed by atoms with van der Waals surface area (Å²) in [4.78, 5) is 31.4. The van der Waals surface area contributed by atoms with Gasteiger partial charge in [-0.1, -0.05) is 0 Å². The second-order valence-electron chi connectivity index (χ2n) is 6.71. The van der Waals surface area contributed by atoms with Crippen molar-refractivity contribution in [2.45, 2.75) is 38.6 Å². The fourth-order valence-electron chi connectivity index (χ4n) is 3.40. The third-order valence-electron chi connectivity index (χ3n) is 4.98. The van der Waals surface area contributed by atoms with E-state index in [0.717, 1.165) is 49.1 Å². The molecule has 1 amide bonds. The number of halogens is 1. The zero-order chi connectivity index (χ0) is 16.5. The zero-order valence-electron chi connectivity index (χ0n) is 14.0. The highest BCUT2D eigenvalue weighted by Crippen LogP contribution is 2.33. The van der Waals surface area contributed by atoms with E-state index >= 15 is 0 Å². The fraction of sp³-hybridized carbons (Fsp3) is 0.588. The Kier molecular flexibility index (Phi) is 5.76. The summed E-state index contributed by atoms with van der Waals surface area (Å²) in [5, 5.41) is 6.92. The normalized spacial score (nSPS) is 16.8. The number of aryl methyl sites for hydroxylation is 3. The van der Waals surface area contributed by atoms with Crippen molar-refractivity contribution in [3.05, 3.63) is 27.1 Å². The largest absolute Gasteiger partial charge is 0.356 e. The molecule has 0 aromatic carbocycles. The van der Waals surface area contributed by atoms with E-state index in [1.807, 2.05) is 0 Å². The number of nitrogens with zero attached hydrogens (tertiary/aromatic N) is 2. The molecule has 25 heavy (non-hydrogen) atoms. The summed E-state index contributed by atoms with van der Waals surface area (Å²) in [5.74, 6) is 0.549. The van der Waals surface area contributed by atoms with Crippen LogP contribution in [0.25, 0.3) is 10.2 Å². The smallest absolute Gasteiger partial charge is 0.262 e. The Morgan fingerprint density at radius 1 is 1.36 bits per heavy atom. The molecule has 3 heterocycles. The van der Waals surface area contributed by atoms with Crippen molar-refractivity contribution in [2.75, 3.05) is 19.6 Å². The molecule has 2 aliphatic rings. The Bertz CT molecular complexity index is 828. The number of hydrogen-bond donors (Lipinski definition) is 2. The van der Waals surface area contributed by atoms with E-state index in [1.165, 1.54) is 16.9 Å². The highest BCUT2D eigenvalue weighted by molar-refractivity contribution is 7.18. The molecule has 6 nitrogen and oxygen atoms in total. The van der Waals surface area contributed by atoms with Crippen molar-refractivity contribution < 1.29 is 4.79 Å². The number of nitrogens with one attached hydrogen (secondary N) is 2. The summed E-state index contributed by atoms with van der Waals surface area (Å²) in [5.41, 5.74) is 1.21. The molecule has 2 aromatic heterocycles. The number of thiophene rings is 1. The lowest BCUT2D eigenvalue weighted by Gasteiger charge is -2.27. The first-order valence-electron chi connectivity index (χ1n) is 8.69. The topological polar surface area (TPSA) is 76.0 Å². The maximum atomic E-state index is 12.8. The summed E-state index contributed by atoms with van der Waals surface area (Å²) in [7, 11) is 0. The minimum Gasteiger partial charge on any atom is -0.356 e. The Hall–Kier alpha value is -1.44. The third-order valence-corrected chi connectivity index (χ3v) is 6.18. The quantitative estimate of drug-likeness (QED) is 0.821. The van der Waals surface area contributed by atoms with Gasteiger partial charge in [0.1, 0.15) is 4.83 Å². The van der Waals surface area contributed by atoms with Gasteiger partial charge < -0.3 is 10.6 Å². The first-order chi connectivity index (χ1) is 11.7. The molecule has 2 N–H and O–H groups in total. The molecule has 136 valence electrons. The molecular formula is C17H23ClN4O2S. The lowest BCUT2D eigenvalue weighted by molar-refractivity contribution is -0.121. The van der Waals surface area contributed by atoms with Crippen molar-refractivity contribution >= 4 is 39.9 Å². The molecule has 1 aliphatic heterocycles. The van der Waals surface area contributed by atoms with Crippen molar-refractivity contribution in [1.29, 1.82) is 0 Å². The number of aromatic nitrogens is 2. The number of carbonyl (C=O) groups is 1. The standard InChI is InChI=1S/C17H22N4O2S.ClH/c22-14(19-9-11-7-18-8-11)5-6-21-10-20-16-15(17(21)23)12-3-1-2-4-13(12)24-16;/h10-11,18H,1-9H2,(H,19,22);1H. The zero-order valence-corrected chi connectivity index (χ0v) is 15.7. The SMILES string of the molecule is Cl.O=C(CCn1cnc2sc3c(c2c1=O)CCCC3)NCC1CNC1. The van der Waals surface area contributed by atoms with Gasteiger partial charge in [0.15, 0.2) is 0 Å². The van der Waals surface area contributed by atoms with Crippen LogP contribution in [-0.2, 0) is 24.2 Å². The number of rotatable bonds is 5. The molecule has 4 rings (SSSR count). The summed E-state index contributed by atoms with van der Waals surface area (Å²) in [6, 6.07) is 0. The lowest BCUT2D eigenvalue weighted by Crippen LogP contribution is -2.48. The van der Waals surface area contributed by atoms with E-state index in [2.05, 4.69) is 15.6 Å². The number of amides is 1. The second kappa shape index (κ2) is 7.85. The molecule has 1 fully saturated rings. The van der Waals surface area contributed by atoms with E-state index in [1.54, 1.807) is 22.2 Å². The van der Waals surface area contributed by atoms with E-state index in [4.69, 9.17) is 0 Å². The summed E-state index contributed by atoms with van der Waals surface area (Å²) >= 11 is 1.66. The molecular weight excluding hydrogens is 360 g/mol. The van der Waals surface area contributed by atoms with Crippen molar-refractivity contribution in [1.82, 2.24) is 20.2 Å². The Labute approximate surface area is 156 Å². The Balaban J connectivity index is 0.00000182. The predicted molar refractivity (Wildman–Crippen MR) is 102 cm³/mol. The van der Waals surface area contributed by atoms with Crippen LogP contribution in [0.5, 0.6) is 0 Å². The van der Waals surface area contributed by atoms with Gasteiger partial charge in [0, 0.05) is 43.4 Å². The summed E-state index contributed by atoms with van der Waals surface area (Å²) in [6.45, 7) is 3.06. The van der Waals surface area contributed by atoms with Gasteiger partial charge in [-0.2, -0.15) is 0 Å². The molecule has 0 spiro atoms. The molecule has 0 unspecified atom stereocenters. The number of hydrogen-bond acceptors (Lipinski definition) is 5. The summed E-state index contributed by atoms with van der Waals surface area (Å²) < 4.78 is 1.59. The molecule has 2 aromatic rings. The van der Waals surface area contributed by atoms with Gasteiger partial charge >= 0.3 is 0 Å². The van der Waals surface area contributed by atoms with E-state index in [-0.39, 0.29) is 23.9 Å². The molecule has 8 heteroatoms. The molecule has 1 saturated heterocycles. The highest BCUT2D eigenvalue weighted by atomic mass is 35.5. The van der Waals surface area contributed by atoms with Crippen molar-refractivity contribution in [3.63, 3.8) is 0 Å². The van der Waals surface area contributed by atoms with Crippen LogP contribution in [0.4, 0.5) is 0 Å². The average Bonchev–Trinajstić information content (AvgIpc) is 2.92. The van der Waals surface area contributed by atoms with Gasteiger partial charge in [0.25, 0.3) is 5.56 Å². The highest BCUT2D eigenvalue weighted by Gasteiger charge is 2.20. The van der Waals surface area contributed by atoms with Gasteiger partial charge in [0.05, 0.1) is 11.7 Å². The molecule has 1 aliphatic carbocycles. The second-order valence-corrected chi connectivity index (χ2v) is 7.80.